The number of carbonyl (C=O) groups is 2. The van der Waals surface area contributed by atoms with E-state index in [2.05, 4.69) is 5.32 Å². The lowest BCUT2D eigenvalue weighted by atomic mass is 9.82. The zero-order valence-corrected chi connectivity index (χ0v) is 18.3. The third-order valence-corrected chi connectivity index (χ3v) is 5.35. The fraction of sp³-hybridized carbons (Fsp3) is 0.231. The lowest BCUT2D eigenvalue weighted by Crippen LogP contribution is -2.32. The van der Waals surface area contributed by atoms with Crippen LogP contribution in [-0.4, -0.2) is 25.2 Å². The first-order chi connectivity index (χ1) is 15.5. The van der Waals surface area contributed by atoms with Gasteiger partial charge in [-0.25, -0.2) is 9.59 Å². The Balaban J connectivity index is 1.99. The molecule has 1 aliphatic heterocycles. The standard InChI is InChI=1S/C26H25NO5/c1-4-30-25(28)21-16(3)27-24(17-11-7-6-8-12-17)23(26(29)31-5-2)22(21)20-15-18-13-9-10-14-19(18)32-20/h6-15,22,27H,4-5H2,1-3H3/t22-/m1/s1. The fourth-order valence-corrected chi connectivity index (χ4v) is 4.00. The van der Waals surface area contributed by atoms with Gasteiger partial charge >= 0.3 is 11.9 Å². The van der Waals surface area contributed by atoms with Gasteiger partial charge in [-0.2, -0.15) is 0 Å². The first-order valence-electron chi connectivity index (χ1n) is 10.6. The van der Waals surface area contributed by atoms with Crippen molar-refractivity contribution >= 4 is 28.6 Å². The smallest absolute Gasteiger partial charge is 0.337 e. The molecule has 4 rings (SSSR count). The van der Waals surface area contributed by atoms with Gasteiger partial charge in [-0.3, -0.25) is 0 Å². The second kappa shape index (κ2) is 9.14. The van der Waals surface area contributed by atoms with Crippen molar-refractivity contribution < 1.29 is 23.5 Å². The predicted molar refractivity (Wildman–Crippen MR) is 121 cm³/mol. The molecule has 0 saturated carbocycles. The number of allylic oxidation sites excluding steroid dienone is 1. The highest BCUT2D eigenvalue weighted by Gasteiger charge is 2.41. The molecule has 0 spiro atoms. The maximum atomic E-state index is 13.3. The van der Waals surface area contributed by atoms with Gasteiger partial charge in [0.2, 0.25) is 0 Å². The van der Waals surface area contributed by atoms with Gasteiger partial charge in [-0.15, -0.1) is 0 Å². The summed E-state index contributed by atoms with van der Waals surface area (Å²) in [6.45, 7) is 5.71. The third kappa shape index (κ3) is 3.91. The van der Waals surface area contributed by atoms with Gasteiger partial charge < -0.3 is 19.2 Å². The Kier molecular flexibility index (Phi) is 6.12. The van der Waals surface area contributed by atoms with Crippen LogP contribution in [0.25, 0.3) is 16.7 Å². The first-order valence-corrected chi connectivity index (χ1v) is 10.6. The molecule has 6 heteroatoms. The Hall–Kier alpha value is -3.80. The topological polar surface area (TPSA) is 77.8 Å². The van der Waals surface area contributed by atoms with E-state index in [4.69, 9.17) is 13.9 Å². The molecular weight excluding hydrogens is 406 g/mol. The number of para-hydroxylation sites is 1. The van der Waals surface area contributed by atoms with E-state index < -0.39 is 17.9 Å². The van der Waals surface area contributed by atoms with E-state index in [-0.39, 0.29) is 13.2 Å². The summed E-state index contributed by atoms with van der Waals surface area (Å²) < 4.78 is 16.9. The summed E-state index contributed by atoms with van der Waals surface area (Å²) >= 11 is 0. The van der Waals surface area contributed by atoms with Crippen LogP contribution in [0.4, 0.5) is 0 Å². The number of fused-ring (bicyclic) bond motifs is 1. The minimum absolute atomic E-state index is 0.203. The van der Waals surface area contributed by atoms with Gasteiger partial charge in [-0.05, 0) is 38.5 Å². The number of furan rings is 1. The molecule has 0 unspecified atom stereocenters. The number of nitrogens with one attached hydrogen (secondary N) is 1. The molecule has 0 saturated heterocycles. The fourth-order valence-electron chi connectivity index (χ4n) is 4.00. The van der Waals surface area contributed by atoms with E-state index >= 15 is 0 Å². The molecule has 1 N–H and O–H groups in total. The largest absolute Gasteiger partial charge is 0.463 e. The van der Waals surface area contributed by atoms with Crippen LogP contribution in [0.15, 0.2) is 81.9 Å². The van der Waals surface area contributed by atoms with Gasteiger partial charge in [0.15, 0.2) is 0 Å². The van der Waals surface area contributed by atoms with E-state index in [1.165, 1.54) is 0 Å². The second-order valence-corrected chi connectivity index (χ2v) is 7.38. The van der Waals surface area contributed by atoms with Gasteiger partial charge in [-0.1, -0.05) is 48.5 Å². The van der Waals surface area contributed by atoms with Crippen molar-refractivity contribution in [2.24, 2.45) is 0 Å². The quantitative estimate of drug-likeness (QED) is 0.558. The molecule has 0 amide bonds. The molecule has 164 valence electrons. The molecule has 0 bridgehead atoms. The zero-order valence-electron chi connectivity index (χ0n) is 18.3. The van der Waals surface area contributed by atoms with E-state index in [1.807, 2.05) is 60.7 Å². The van der Waals surface area contributed by atoms with Crippen molar-refractivity contribution in [3.05, 3.63) is 88.8 Å². The van der Waals surface area contributed by atoms with Crippen LogP contribution in [0.1, 0.15) is 38.0 Å². The number of carbonyl (C=O) groups excluding carboxylic acids is 2. The summed E-state index contributed by atoms with van der Waals surface area (Å²) in [6, 6.07) is 18.9. The summed E-state index contributed by atoms with van der Waals surface area (Å²) in [5.74, 6) is -1.32. The van der Waals surface area contributed by atoms with Crippen molar-refractivity contribution in [2.75, 3.05) is 13.2 Å². The Morgan fingerprint density at radius 1 is 0.906 bits per heavy atom. The normalized spacial score (nSPS) is 16.2. The van der Waals surface area contributed by atoms with Crippen molar-refractivity contribution in [3.8, 4) is 0 Å². The minimum atomic E-state index is -0.781. The van der Waals surface area contributed by atoms with Gasteiger partial charge in [0, 0.05) is 11.1 Å². The highest BCUT2D eigenvalue weighted by Crippen LogP contribution is 2.43. The predicted octanol–water partition coefficient (Wildman–Crippen LogP) is 4.93. The monoisotopic (exact) mass is 431 g/mol. The SMILES string of the molecule is CCOC(=O)C1=C(C)NC(c2ccccc2)=C(C(=O)OCC)[C@@H]1c1cc2ccccc2o1. The number of rotatable bonds is 6. The molecule has 1 aliphatic rings. The molecule has 0 fully saturated rings. The minimum Gasteiger partial charge on any atom is -0.463 e. The lowest BCUT2D eigenvalue weighted by molar-refractivity contribution is -0.139. The highest BCUT2D eigenvalue weighted by molar-refractivity contribution is 6.05. The van der Waals surface area contributed by atoms with E-state index in [9.17, 15) is 9.59 Å². The maximum Gasteiger partial charge on any atom is 0.337 e. The van der Waals surface area contributed by atoms with Crippen LogP contribution < -0.4 is 5.32 Å². The second-order valence-electron chi connectivity index (χ2n) is 7.38. The highest BCUT2D eigenvalue weighted by atomic mass is 16.5. The molecule has 3 aromatic rings. The summed E-state index contributed by atoms with van der Waals surface area (Å²) in [5.41, 5.74) is 3.30. The van der Waals surface area contributed by atoms with Crippen LogP contribution >= 0.6 is 0 Å². The van der Waals surface area contributed by atoms with Crippen LogP contribution in [0.5, 0.6) is 0 Å². The third-order valence-electron chi connectivity index (χ3n) is 5.35. The number of benzene rings is 2. The molecule has 0 aliphatic carbocycles. The van der Waals surface area contributed by atoms with Crippen LogP contribution in [0.3, 0.4) is 0 Å². The molecule has 1 aromatic heterocycles. The lowest BCUT2D eigenvalue weighted by Gasteiger charge is -2.30. The van der Waals surface area contributed by atoms with Crippen LogP contribution in [-0.2, 0) is 19.1 Å². The number of esters is 2. The Bertz CT molecular complexity index is 1190. The molecule has 6 nitrogen and oxygen atoms in total. The Labute approximate surface area is 186 Å². The van der Waals surface area contributed by atoms with Crippen molar-refractivity contribution in [3.63, 3.8) is 0 Å². The van der Waals surface area contributed by atoms with Gasteiger partial charge in [0.05, 0.1) is 36.0 Å². The number of ether oxygens (including phenoxy) is 2. The molecule has 32 heavy (non-hydrogen) atoms. The maximum absolute atomic E-state index is 13.3. The van der Waals surface area contributed by atoms with E-state index in [0.29, 0.717) is 33.9 Å². The molecule has 1 atom stereocenters. The Morgan fingerprint density at radius 2 is 1.53 bits per heavy atom. The average molecular weight is 431 g/mol. The molecule has 2 heterocycles. The van der Waals surface area contributed by atoms with Crippen molar-refractivity contribution in [2.45, 2.75) is 26.7 Å². The van der Waals surface area contributed by atoms with Crippen LogP contribution in [0.2, 0.25) is 0 Å². The molecule has 2 aromatic carbocycles. The first kappa shape index (κ1) is 21.4. The van der Waals surface area contributed by atoms with E-state index in [0.717, 1.165) is 10.9 Å². The number of hydrogen-bond donors (Lipinski definition) is 1. The Morgan fingerprint density at radius 3 is 2.19 bits per heavy atom. The van der Waals surface area contributed by atoms with Crippen molar-refractivity contribution in [1.82, 2.24) is 5.32 Å². The zero-order chi connectivity index (χ0) is 22.7. The van der Waals surface area contributed by atoms with E-state index in [1.54, 1.807) is 20.8 Å². The molecular formula is C26H25NO5. The van der Waals surface area contributed by atoms with Gasteiger partial charge in [0.1, 0.15) is 11.3 Å². The summed E-state index contributed by atoms with van der Waals surface area (Å²) in [4.78, 5) is 26.3. The molecule has 0 radical (unpaired) electrons. The number of hydrogen-bond acceptors (Lipinski definition) is 6. The summed E-state index contributed by atoms with van der Waals surface area (Å²) in [5, 5.41) is 4.14. The van der Waals surface area contributed by atoms with Crippen LogP contribution in [0, 0.1) is 0 Å². The average Bonchev–Trinajstić information content (AvgIpc) is 3.23. The van der Waals surface area contributed by atoms with Gasteiger partial charge in [0.25, 0.3) is 0 Å². The van der Waals surface area contributed by atoms with Crippen molar-refractivity contribution in [1.29, 1.82) is 0 Å². The summed E-state index contributed by atoms with van der Waals surface area (Å²) in [6.07, 6.45) is 0. The summed E-state index contributed by atoms with van der Waals surface area (Å²) in [7, 11) is 0. The number of dihydropyridines is 1.